The maximum Gasteiger partial charge on any atom is 0.281 e. The lowest BCUT2D eigenvalue weighted by Crippen LogP contribution is -2.23. The van der Waals surface area contributed by atoms with Crippen LogP contribution in [0, 0.1) is 0 Å². The van der Waals surface area contributed by atoms with E-state index in [9.17, 15) is 9.59 Å². The van der Waals surface area contributed by atoms with Gasteiger partial charge in [0.15, 0.2) is 0 Å². The summed E-state index contributed by atoms with van der Waals surface area (Å²) in [4.78, 5) is 25.6. The van der Waals surface area contributed by atoms with Crippen LogP contribution in [0.25, 0.3) is 16.6 Å². The highest BCUT2D eigenvalue weighted by atomic mass is 35.5. The van der Waals surface area contributed by atoms with Crippen molar-refractivity contribution >= 4 is 22.5 Å². The maximum absolute atomic E-state index is 13.2. The first-order chi connectivity index (χ1) is 14.0. The van der Waals surface area contributed by atoms with E-state index in [0.29, 0.717) is 38.8 Å². The quantitative estimate of drug-likeness (QED) is 0.546. The predicted molar refractivity (Wildman–Crippen MR) is 111 cm³/mol. The zero-order chi connectivity index (χ0) is 20.5. The molecular weight excluding hydrogens is 394 g/mol. The zero-order valence-electron chi connectivity index (χ0n) is 15.8. The molecule has 148 valence electrons. The van der Waals surface area contributed by atoms with Crippen LogP contribution in [-0.4, -0.2) is 21.5 Å². The number of nitrogens with one attached hydrogen (secondary N) is 1. The average Bonchev–Trinajstić information content (AvgIpc) is 3.04. The van der Waals surface area contributed by atoms with Crippen molar-refractivity contribution in [3.8, 4) is 17.2 Å². The number of hydrogen-bond acceptors (Lipinski definition) is 4. The highest BCUT2D eigenvalue weighted by molar-refractivity contribution is 6.32. The molecule has 0 aliphatic carbocycles. The molecule has 2 aromatic heterocycles. The molecule has 4 rings (SSSR count). The van der Waals surface area contributed by atoms with Crippen molar-refractivity contribution in [2.24, 2.45) is 7.05 Å². The summed E-state index contributed by atoms with van der Waals surface area (Å²) in [6.07, 6.45) is 0. The van der Waals surface area contributed by atoms with Crippen molar-refractivity contribution in [2.75, 3.05) is 7.11 Å². The number of aromatic amines is 1. The van der Waals surface area contributed by atoms with Gasteiger partial charge in [0.05, 0.1) is 34.4 Å². The number of methoxy groups -OCH3 is 1. The third-order valence-electron chi connectivity index (χ3n) is 4.72. The molecule has 0 atom stereocenters. The van der Waals surface area contributed by atoms with Gasteiger partial charge in [0.25, 0.3) is 11.1 Å². The van der Waals surface area contributed by atoms with Crippen LogP contribution in [0.1, 0.15) is 5.69 Å². The fourth-order valence-electron chi connectivity index (χ4n) is 3.17. The summed E-state index contributed by atoms with van der Waals surface area (Å²) in [6, 6.07) is 15.5. The standard InChI is InChI=1S/C21H18ClN3O4/c1-24-18(12-29-14-7-5-6-13(10-14)28-2)20-16(11-19(24)26)23-25(21(20)27)17-9-4-3-8-15(17)22/h3-11,23H,12H2,1-2H3. The van der Waals surface area contributed by atoms with Gasteiger partial charge < -0.3 is 14.0 Å². The van der Waals surface area contributed by atoms with E-state index in [4.69, 9.17) is 21.1 Å². The van der Waals surface area contributed by atoms with Crippen molar-refractivity contribution in [3.63, 3.8) is 0 Å². The molecule has 4 aromatic rings. The maximum atomic E-state index is 13.2. The van der Waals surface area contributed by atoms with Gasteiger partial charge in [-0.05, 0) is 24.3 Å². The van der Waals surface area contributed by atoms with Crippen molar-refractivity contribution < 1.29 is 9.47 Å². The summed E-state index contributed by atoms with van der Waals surface area (Å²) in [6.45, 7) is 0.0336. The minimum atomic E-state index is -0.312. The molecule has 8 heteroatoms. The fourth-order valence-corrected chi connectivity index (χ4v) is 3.39. The number of para-hydroxylation sites is 1. The molecule has 0 aliphatic heterocycles. The molecule has 0 aliphatic rings. The Labute approximate surface area is 170 Å². The first-order valence-corrected chi connectivity index (χ1v) is 9.23. The van der Waals surface area contributed by atoms with E-state index < -0.39 is 0 Å². The van der Waals surface area contributed by atoms with Gasteiger partial charge in [0.2, 0.25) is 0 Å². The summed E-state index contributed by atoms with van der Waals surface area (Å²) < 4.78 is 13.8. The number of halogens is 1. The van der Waals surface area contributed by atoms with E-state index in [1.807, 2.05) is 0 Å². The van der Waals surface area contributed by atoms with E-state index >= 15 is 0 Å². The van der Waals surface area contributed by atoms with Gasteiger partial charge in [0.1, 0.15) is 18.1 Å². The summed E-state index contributed by atoms with van der Waals surface area (Å²) in [5.41, 5.74) is 0.817. The van der Waals surface area contributed by atoms with E-state index in [2.05, 4.69) is 5.10 Å². The van der Waals surface area contributed by atoms with E-state index in [0.717, 1.165) is 0 Å². The van der Waals surface area contributed by atoms with Gasteiger partial charge in [-0.2, -0.15) is 0 Å². The number of rotatable bonds is 5. The van der Waals surface area contributed by atoms with Crippen molar-refractivity contribution in [1.29, 1.82) is 0 Å². The number of pyridine rings is 1. The largest absolute Gasteiger partial charge is 0.497 e. The highest BCUT2D eigenvalue weighted by Gasteiger charge is 2.18. The van der Waals surface area contributed by atoms with Crippen LogP contribution in [0.2, 0.25) is 5.02 Å². The molecule has 29 heavy (non-hydrogen) atoms. The SMILES string of the molecule is COc1cccc(OCc2c3c(=O)n(-c4ccccc4Cl)[nH]c3cc(=O)n2C)c1. The Hall–Kier alpha value is -3.45. The Bertz CT molecular complexity index is 1320. The van der Waals surface area contributed by atoms with Crippen LogP contribution in [0.15, 0.2) is 64.2 Å². The van der Waals surface area contributed by atoms with Gasteiger partial charge in [-0.3, -0.25) is 14.7 Å². The van der Waals surface area contributed by atoms with E-state index in [1.54, 1.807) is 62.7 Å². The first-order valence-electron chi connectivity index (χ1n) is 8.85. The number of hydrogen-bond donors (Lipinski definition) is 1. The lowest BCUT2D eigenvalue weighted by Gasteiger charge is -2.11. The number of fused-ring (bicyclic) bond motifs is 1. The number of nitrogens with zero attached hydrogens (tertiary/aromatic N) is 2. The minimum Gasteiger partial charge on any atom is -0.497 e. The average molecular weight is 412 g/mol. The van der Waals surface area contributed by atoms with E-state index in [1.165, 1.54) is 15.3 Å². The van der Waals surface area contributed by atoms with Crippen LogP contribution in [-0.2, 0) is 13.7 Å². The third-order valence-corrected chi connectivity index (χ3v) is 5.04. The number of ether oxygens (including phenoxy) is 2. The second-order valence-corrected chi connectivity index (χ2v) is 6.86. The third kappa shape index (κ3) is 3.40. The highest BCUT2D eigenvalue weighted by Crippen LogP contribution is 2.22. The predicted octanol–water partition coefficient (Wildman–Crippen LogP) is 3.26. The van der Waals surface area contributed by atoms with Crippen LogP contribution in [0.3, 0.4) is 0 Å². The van der Waals surface area contributed by atoms with Crippen LogP contribution >= 0.6 is 11.6 Å². The molecule has 0 saturated heterocycles. The summed E-state index contributed by atoms with van der Waals surface area (Å²) in [5.74, 6) is 1.22. The molecule has 0 unspecified atom stereocenters. The Morgan fingerprint density at radius 2 is 1.79 bits per heavy atom. The lowest BCUT2D eigenvalue weighted by atomic mass is 10.2. The van der Waals surface area contributed by atoms with Crippen LogP contribution in [0.4, 0.5) is 0 Å². The Balaban J connectivity index is 1.83. The number of H-pyrrole nitrogens is 1. The van der Waals surface area contributed by atoms with Gasteiger partial charge in [-0.25, -0.2) is 4.68 Å². The zero-order valence-corrected chi connectivity index (χ0v) is 16.6. The topological polar surface area (TPSA) is 78.2 Å². The van der Waals surface area contributed by atoms with Gasteiger partial charge >= 0.3 is 0 Å². The molecule has 0 radical (unpaired) electrons. The molecule has 0 fully saturated rings. The summed E-state index contributed by atoms with van der Waals surface area (Å²) in [5, 5.41) is 3.77. The summed E-state index contributed by atoms with van der Waals surface area (Å²) >= 11 is 6.25. The van der Waals surface area contributed by atoms with Gasteiger partial charge in [-0.15, -0.1) is 0 Å². The number of aromatic nitrogens is 3. The Morgan fingerprint density at radius 1 is 1.03 bits per heavy atom. The van der Waals surface area contributed by atoms with E-state index in [-0.39, 0.29) is 17.7 Å². The Kier molecular flexibility index (Phi) is 4.90. The molecule has 7 nitrogen and oxygen atoms in total. The van der Waals surface area contributed by atoms with Gasteiger partial charge in [-0.1, -0.05) is 29.8 Å². The summed E-state index contributed by atoms with van der Waals surface area (Å²) in [7, 11) is 3.18. The smallest absolute Gasteiger partial charge is 0.281 e. The van der Waals surface area contributed by atoms with Crippen molar-refractivity contribution in [3.05, 3.63) is 86.0 Å². The van der Waals surface area contributed by atoms with Gasteiger partial charge in [0, 0.05) is 19.2 Å². The van der Waals surface area contributed by atoms with Crippen LogP contribution in [0.5, 0.6) is 11.5 Å². The second-order valence-electron chi connectivity index (χ2n) is 6.45. The van der Waals surface area contributed by atoms with Crippen LogP contribution < -0.4 is 20.6 Å². The van der Waals surface area contributed by atoms with Crippen molar-refractivity contribution in [1.82, 2.24) is 14.3 Å². The molecule has 2 heterocycles. The lowest BCUT2D eigenvalue weighted by molar-refractivity contribution is 0.295. The second kappa shape index (κ2) is 7.52. The molecule has 0 amide bonds. The minimum absolute atomic E-state index is 0.0336. The molecule has 0 saturated carbocycles. The molecule has 1 N–H and O–H groups in total. The first kappa shape index (κ1) is 18.9. The molecule has 0 bridgehead atoms. The fraction of sp³-hybridized carbons (Fsp3) is 0.143. The monoisotopic (exact) mass is 411 g/mol. The normalized spacial score (nSPS) is 11.0. The number of benzene rings is 2. The van der Waals surface area contributed by atoms with Crippen molar-refractivity contribution in [2.45, 2.75) is 6.61 Å². The molecule has 0 spiro atoms. The molecule has 2 aromatic carbocycles. The molecular formula is C21H18ClN3O4. The Morgan fingerprint density at radius 3 is 2.55 bits per heavy atom.